The molecule has 0 saturated heterocycles. The van der Waals surface area contributed by atoms with Crippen molar-refractivity contribution in [2.75, 3.05) is 6.54 Å². The maximum absolute atomic E-state index is 11.3. The molecular weight excluding hydrogens is 256 g/mol. The third kappa shape index (κ3) is 4.03. The van der Waals surface area contributed by atoms with Crippen LogP contribution in [-0.2, 0) is 24.2 Å². The van der Waals surface area contributed by atoms with Gasteiger partial charge < -0.3 is 10.4 Å². The van der Waals surface area contributed by atoms with Crippen LogP contribution in [0.2, 0.25) is 0 Å². The van der Waals surface area contributed by atoms with Gasteiger partial charge in [-0.25, -0.2) is 9.67 Å². The number of carbonyl (C=O) groups is 1. The summed E-state index contributed by atoms with van der Waals surface area (Å²) < 4.78 is 1.91. The van der Waals surface area contributed by atoms with Crippen LogP contribution in [0.15, 0.2) is 0 Å². The minimum atomic E-state index is -0.866. The largest absolute Gasteiger partial charge is 0.480 e. The standard InChI is InChI=1S/C14H26N4O2/c1-5-11-16-12(6-2)18(17-11)10-8-9-14(4,13(19)20)15-7-3/h15H,5-10H2,1-4H3,(H,19,20). The zero-order chi connectivity index (χ0) is 15.2. The van der Waals surface area contributed by atoms with E-state index in [0.29, 0.717) is 19.5 Å². The molecule has 1 heterocycles. The molecule has 1 atom stereocenters. The van der Waals surface area contributed by atoms with E-state index in [-0.39, 0.29) is 0 Å². The molecule has 1 unspecified atom stereocenters. The first kappa shape index (κ1) is 16.6. The van der Waals surface area contributed by atoms with E-state index < -0.39 is 11.5 Å². The zero-order valence-electron chi connectivity index (χ0n) is 12.9. The highest BCUT2D eigenvalue weighted by Crippen LogP contribution is 2.14. The van der Waals surface area contributed by atoms with Gasteiger partial charge in [0.2, 0.25) is 0 Å². The second kappa shape index (κ2) is 7.38. The first-order chi connectivity index (χ1) is 9.46. The maximum Gasteiger partial charge on any atom is 0.323 e. The third-order valence-corrected chi connectivity index (χ3v) is 3.51. The Morgan fingerprint density at radius 1 is 1.35 bits per heavy atom. The van der Waals surface area contributed by atoms with Gasteiger partial charge in [-0.1, -0.05) is 20.8 Å². The summed E-state index contributed by atoms with van der Waals surface area (Å²) in [4.78, 5) is 15.8. The second-order valence-corrected chi connectivity index (χ2v) is 5.15. The zero-order valence-corrected chi connectivity index (χ0v) is 12.9. The topological polar surface area (TPSA) is 80.0 Å². The minimum absolute atomic E-state index is 0.570. The number of carboxylic acids is 1. The first-order valence-corrected chi connectivity index (χ1v) is 7.37. The fraction of sp³-hybridized carbons (Fsp3) is 0.786. The summed E-state index contributed by atoms with van der Waals surface area (Å²) in [7, 11) is 0. The van der Waals surface area contributed by atoms with Crippen LogP contribution in [0.25, 0.3) is 0 Å². The molecule has 0 fully saturated rings. The molecule has 2 N–H and O–H groups in total. The molecule has 0 aliphatic rings. The Morgan fingerprint density at radius 3 is 2.55 bits per heavy atom. The molecule has 20 heavy (non-hydrogen) atoms. The Morgan fingerprint density at radius 2 is 2.05 bits per heavy atom. The average molecular weight is 282 g/mol. The molecule has 6 nitrogen and oxygen atoms in total. The number of likely N-dealkylation sites (N-methyl/N-ethyl adjacent to an activating group) is 1. The lowest BCUT2D eigenvalue weighted by Crippen LogP contribution is -2.49. The van der Waals surface area contributed by atoms with Gasteiger partial charge in [-0.05, 0) is 26.3 Å². The van der Waals surface area contributed by atoms with E-state index in [1.807, 2.05) is 18.5 Å². The lowest BCUT2D eigenvalue weighted by Gasteiger charge is -2.25. The van der Waals surface area contributed by atoms with Gasteiger partial charge in [0.05, 0.1) is 0 Å². The highest BCUT2D eigenvalue weighted by atomic mass is 16.4. The number of aromatic nitrogens is 3. The number of nitrogens with one attached hydrogen (secondary N) is 1. The lowest BCUT2D eigenvalue weighted by atomic mass is 9.96. The van der Waals surface area contributed by atoms with Gasteiger partial charge in [-0.15, -0.1) is 0 Å². The summed E-state index contributed by atoms with van der Waals surface area (Å²) in [6, 6.07) is 0. The van der Waals surface area contributed by atoms with E-state index in [1.165, 1.54) is 0 Å². The highest BCUT2D eigenvalue weighted by Gasteiger charge is 2.31. The van der Waals surface area contributed by atoms with Crippen molar-refractivity contribution < 1.29 is 9.90 Å². The Kier molecular flexibility index (Phi) is 6.13. The lowest BCUT2D eigenvalue weighted by molar-refractivity contribution is -0.144. The minimum Gasteiger partial charge on any atom is -0.480 e. The van der Waals surface area contributed by atoms with Gasteiger partial charge in [0, 0.05) is 19.4 Å². The van der Waals surface area contributed by atoms with Crippen LogP contribution in [0, 0.1) is 0 Å². The SMILES string of the molecule is CCNC(C)(CCCn1nc(CC)nc1CC)C(=O)O. The van der Waals surface area contributed by atoms with Crippen molar-refractivity contribution >= 4 is 5.97 Å². The van der Waals surface area contributed by atoms with Crippen molar-refractivity contribution in [1.82, 2.24) is 20.1 Å². The fourth-order valence-corrected chi connectivity index (χ4v) is 2.26. The number of aliphatic carboxylic acids is 1. The van der Waals surface area contributed by atoms with E-state index in [4.69, 9.17) is 0 Å². The van der Waals surface area contributed by atoms with Crippen molar-refractivity contribution in [3.63, 3.8) is 0 Å². The molecule has 0 saturated carbocycles. The van der Waals surface area contributed by atoms with Crippen LogP contribution in [0.1, 0.15) is 52.2 Å². The van der Waals surface area contributed by atoms with Crippen molar-refractivity contribution in [1.29, 1.82) is 0 Å². The first-order valence-electron chi connectivity index (χ1n) is 7.37. The van der Waals surface area contributed by atoms with Crippen LogP contribution in [0.5, 0.6) is 0 Å². The predicted octanol–water partition coefficient (Wildman–Crippen LogP) is 1.64. The average Bonchev–Trinajstić information content (AvgIpc) is 2.81. The summed E-state index contributed by atoms with van der Waals surface area (Å²) in [5.41, 5.74) is -0.866. The van der Waals surface area contributed by atoms with Crippen LogP contribution in [-0.4, -0.2) is 37.9 Å². The molecular formula is C14H26N4O2. The monoisotopic (exact) mass is 282 g/mol. The molecule has 0 bridgehead atoms. The van der Waals surface area contributed by atoms with E-state index in [9.17, 15) is 9.90 Å². The summed E-state index contributed by atoms with van der Waals surface area (Å²) in [6.45, 7) is 9.10. The van der Waals surface area contributed by atoms with E-state index in [0.717, 1.165) is 30.9 Å². The normalized spacial score (nSPS) is 14.2. The Labute approximate surface area is 120 Å². The fourth-order valence-electron chi connectivity index (χ4n) is 2.26. The van der Waals surface area contributed by atoms with E-state index >= 15 is 0 Å². The summed E-state index contributed by atoms with van der Waals surface area (Å²) >= 11 is 0. The van der Waals surface area contributed by atoms with Crippen LogP contribution >= 0.6 is 0 Å². The van der Waals surface area contributed by atoms with E-state index in [2.05, 4.69) is 22.3 Å². The molecule has 1 aromatic heterocycles. The molecule has 0 radical (unpaired) electrons. The number of rotatable bonds is 9. The highest BCUT2D eigenvalue weighted by molar-refractivity contribution is 5.78. The summed E-state index contributed by atoms with van der Waals surface area (Å²) in [6.07, 6.45) is 3.00. The van der Waals surface area contributed by atoms with Crippen LogP contribution < -0.4 is 5.32 Å². The number of nitrogens with zero attached hydrogens (tertiary/aromatic N) is 3. The second-order valence-electron chi connectivity index (χ2n) is 5.15. The maximum atomic E-state index is 11.3. The number of carboxylic acid groups (broad SMARTS) is 1. The Bertz CT molecular complexity index is 444. The summed E-state index contributed by atoms with van der Waals surface area (Å²) in [5, 5.41) is 16.8. The van der Waals surface area contributed by atoms with Gasteiger partial charge in [-0.3, -0.25) is 4.79 Å². The molecule has 114 valence electrons. The van der Waals surface area contributed by atoms with Gasteiger partial charge in [0.15, 0.2) is 5.82 Å². The molecule has 1 aromatic rings. The quantitative estimate of drug-likeness (QED) is 0.719. The number of hydrogen-bond acceptors (Lipinski definition) is 4. The molecule has 0 amide bonds. The smallest absolute Gasteiger partial charge is 0.323 e. The van der Waals surface area contributed by atoms with Crippen molar-refractivity contribution in [2.24, 2.45) is 0 Å². The van der Waals surface area contributed by atoms with Crippen molar-refractivity contribution in [3.05, 3.63) is 11.6 Å². The van der Waals surface area contributed by atoms with E-state index in [1.54, 1.807) is 6.92 Å². The Balaban J connectivity index is 2.63. The number of hydrogen-bond donors (Lipinski definition) is 2. The van der Waals surface area contributed by atoms with Gasteiger partial charge >= 0.3 is 5.97 Å². The number of aryl methyl sites for hydroxylation is 3. The molecule has 0 spiro atoms. The molecule has 0 aliphatic carbocycles. The van der Waals surface area contributed by atoms with Gasteiger partial charge in [-0.2, -0.15) is 5.10 Å². The van der Waals surface area contributed by atoms with Crippen molar-refractivity contribution in [2.45, 2.75) is 65.5 Å². The predicted molar refractivity (Wildman–Crippen MR) is 77.7 cm³/mol. The summed E-state index contributed by atoms with van der Waals surface area (Å²) in [5.74, 6) is 1.03. The molecule has 0 aromatic carbocycles. The van der Waals surface area contributed by atoms with Crippen LogP contribution in [0.3, 0.4) is 0 Å². The third-order valence-electron chi connectivity index (χ3n) is 3.51. The van der Waals surface area contributed by atoms with Crippen molar-refractivity contribution in [3.8, 4) is 0 Å². The Hall–Kier alpha value is -1.43. The molecule has 0 aliphatic heterocycles. The molecule has 1 rings (SSSR count). The van der Waals surface area contributed by atoms with Crippen LogP contribution in [0.4, 0.5) is 0 Å². The van der Waals surface area contributed by atoms with Gasteiger partial charge in [0.1, 0.15) is 11.4 Å². The molecule has 6 heteroatoms. The van der Waals surface area contributed by atoms with Gasteiger partial charge in [0.25, 0.3) is 0 Å².